The van der Waals surface area contributed by atoms with E-state index in [9.17, 15) is 4.79 Å². The van der Waals surface area contributed by atoms with Crippen molar-refractivity contribution in [2.24, 2.45) is 0 Å². The highest BCUT2D eigenvalue weighted by Crippen LogP contribution is 2.28. The van der Waals surface area contributed by atoms with E-state index >= 15 is 0 Å². The molecule has 0 bridgehead atoms. The maximum Gasteiger partial charge on any atom is 0.279 e. The molecule has 5 heteroatoms. The smallest absolute Gasteiger partial charge is 0.279 e. The highest BCUT2D eigenvalue weighted by molar-refractivity contribution is 5.93. The van der Waals surface area contributed by atoms with Crippen LogP contribution in [0.2, 0.25) is 0 Å². The molecule has 0 heterocycles. The Balaban J connectivity index is 1.96. The van der Waals surface area contributed by atoms with Crippen molar-refractivity contribution in [3.05, 3.63) is 53.6 Å². The fraction of sp³-hybridized carbons (Fsp3) is 0.316. The summed E-state index contributed by atoms with van der Waals surface area (Å²) in [6.45, 7) is 3.23. The van der Waals surface area contributed by atoms with Crippen LogP contribution in [0.3, 0.4) is 0 Å². The van der Waals surface area contributed by atoms with Crippen molar-refractivity contribution < 1.29 is 19.2 Å². The van der Waals surface area contributed by atoms with Crippen molar-refractivity contribution in [1.82, 2.24) is 0 Å². The van der Waals surface area contributed by atoms with Gasteiger partial charge >= 0.3 is 0 Å². The quantitative estimate of drug-likeness (QED) is 0.812. The van der Waals surface area contributed by atoms with Gasteiger partial charge in [-0.25, -0.2) is 0 Å². The summed E-state index contributed by atoms with van der Waals surface area (Å²) >= 11 is 0. The standard InChI is InChI=1S/C19H24N2O3/c1-14-5-7-15(8-6-14)12-21(2)13-19(22)20-17-11-16(23-3)9-10-18(17)24-4/h5-11H,12-13H2,1-4H3,(H,20,22)/p+1. The summed E-state index contributed by atoms with van der Waals surface area (Å²) < 4.78 is 10.5. The van der Waals surface area contributed by atoms with E-state index in [1.807, 2.05) is 7.05 Å². The van der Waals surface area contributed by atoms with Gasteiger partial charge < -0.3 is 19.7 Å². The molecule has 2 rings (SSSR count). The Labute approximate surface area is 143 Å². The summed E-state index contributed by atoms with van der Waals surface area (Å²) in [7, 11) is 5.17. The third-order valence-corrected chi connectivity index (χ3v) is 3.77. The Morgan fingerprint density at radius 2 is 1.79 bits per heavy atom. The van der Waals surface area contributed by atoms with E-state index in [1.54, 1.807) is 32.4 Å². The molecular weight excluding hydrogens is 304 g/mol. The molecule has 24 heavy (non-hydrogen) atoms. The number of rotatable bonds is 7. The number of nitrogens with one attached hydrogen (secondary N) is 2. The van der Waals surface area contributed by atoms with Crippen LogP contribution in [-0.4, -0.2) is 33.7 Å². The lowest BCUT2D eigenvalue weighted by Crippen LogP contribution is -3.08. The summed E-state index contributed by atoms with van der Waals surface area (Å²) in [5.41, 5.74) is 3.06. The molecule has 0 spiro atoms. The molecule has 2 aromatic rings. The highest BCUT2D eigenvalue weighted by Gasteiger charge is 2.14. The lowest BCUT2D eigenvalue weighted by atomic mass is 10.1. The minimum atomic E-state index is -0.0637. The van der Waals surface area contributed by atoms with Crippen LogP contribution in [0.15, 0.2) is 42.5 Å². The maximum atomic E-state index is 12.3. The average Bonchev–Trinajstić information content (AvgIpc) is 2.56. The molecule has 2 aromatic carbocycles. The van der Waals surface area contributed by atoms with Crippen LogP contribution in [0, 0.1) is 6.92 Å². The predicted octanol–water partition coefficient (Wildman–Crippen LogP) is 1.67. The molecule has 5 nitrogen and oxygen atoms in total. The first-order chi connectivity index (χ1) is 11.5. The van der Waals surface area contributed by atoms with E-state index in [-0.39, 0.29) is 5.91 Å². The van der Waals surface area contributed by atoms with Crippen LogP contribution in [0.25, 0.3) is 0 Å². The molecule has 0 radical (unpaired) electrons. The van der Waals surface area contributed by atoms with E-state index < -0.39 is 0 Å². The predicted molar refractivity (Wildman–Crippen MR) is 94.8 cm³/mol. The number of aryl methyl sites for hydroxylation is 1. The van der Waals surface area contributed by atoms with Gasteiger partial charge in [-0.3, -0.25) is 4.79 Å². The lowest BCUT2D eigenvalue weighted by Gasteiger charge is -2.15. The summed E-state index contributed by atoms with van der Waals surface area (Å²) in [5, 5.41) is 2.90. The molecule has 1 atom stereocenters. The second-order valence-electron chi connectivity index (χ2n) is 5.91. The average molecular weight is 329 g/mol. The summed E-state index contributed by atoms with van der Waals surface area (Å²) in [5.74, 6) is 1.22. The van der Waals surface area contributed by atoms with Crippen LogP contribution in [0.4, 0.5) is 5.69 Å². The first-order valence-corrected chi connectivity index (χ1v) is 7.90. The minimum absolute atomic E-state index is 0.0637. The van der Waals surface area contributed by atoms with Gasteiger partial charge in [0.25, 0.3) is 5.91 Å². The number of hydrogen-bond acceptors (Lipinski definition) is 3. The normalized spacial score (nSPS) is 11.7. The van der Waals surface area contributed by atoms with Gasteiger partial charge in [-0.2, -0.15) is 0 Å². The number of methoxy groups -OCH3 is 2. The fourth-order valence-corrected chi connectivity index (χ4v) is 2.50. The zero-order valence-electron chi connectivity index (χ0n) is 14.7. The Morgan fingerprint density at radius 3 is 2.42 bits per heavy atom. The molecule has 0 aliphatic heterocycles. The van der Waals surface area contributed by atoms with E-state index in [0.29, 0.717) is 23.7 Å². The van der Waals surface area contributed by atoms with Crippen molar-refractivity contribution >= 4 is 11.6 Å². The molecule has 0 aromatic heterocycles. The van der Waals surface area contributed by atoms with Gasteiger partial charge in [-0.15, -0.1) is 0 Å². The Kier molecular flexibility index (Phi) is 6.21. The van der Waals surface area contributed by atoms with E-state index in [4.69, 9.17) is 9.47 Å². The van der Waals surface area contributed by atoms with Crippen molar-refractivity contribution in [3.8, 4) is 11.5 Å². The van der Waals surface area contributed by atoms with Gasteiger partial charge in [-0.1, -0.05) is 29.8 Å². The molecule has 128 valence electrons. The van der Waals surface area contributed by atoms with Crippen molar-refractivity contribution in [2.75, 3.05) is 33.1 Å². The maximum absolute atomic E-state index is 12.3. The number of carbonyl (C=O) groups excluding carboxylic acids is 1. The SMILES string of the molecule is COc1ccc(OC)c(NC(=O)C[NH+](C)Cc2ccc(C)cc2)c1. The second kappa shape index (κ2) is 8.36. The number of amides is 1. The highest BCUT2D eigenvalue weighted by atomic mass is 16.5. The molecule has 2 N–H and O–H groups in total. The number of benzene rings is 2. The van der Waals surface area contributed by atoms with E-state index in [2.05, 4.69) is 36.5 Å². The first kappa shape index (κ1) is 17.8. The van der Waals surface area contributed by atoms with Crippen molar-refractivity contribution in [1.29, 1.82) is 0 Å². The fourth-order valence-electron chi connectivity index (χ4n) is 2.50. The molecule has 0 saturated heterocycles. The third kappa shape index (κ3) is 4.99. The molecule has 0 aliphatic carbocycles. The van der Waals surface area contributed by atoms with Gasteiger partial charge in [0.1, 0.15) is 18.0 Å². The minimum Gasteiger partial charge on any atom is -0.497 e. The van der Waals surface area contributed by atoms with Gasteiger partial charge in [0.15, 0.2) is 6.54 Å². The van der Waals surface area contributed by atoms with Crippen LogP contribution in [-0.2, 0) is 11.3 Å². The van der Waals surface area contributed by atoms with Crippen LogP contribution in [0.1, 0.15) is 11.1 Å². The van der Waals surface area contributed by atoms with Gasteiger partial charge in [-0.05, 0) is 19.1 Å². The summed E-state index contributed by atoms with van der Waals surface area (Å²) in [6, 6.07) is 13.7. The first-order valence-electron chi connectivity index (χ1n) is 7.90. The van der Waals surface area contributed by atoms with Gasteiger partial charge in [0, 0.05) is 11.6 Å². The molecule has 1 unspecified atom stereocenters. The third-order valence-electron chi connectivity index (χ3n) is 3.77. The Bertz CT molecular complexity index is 684. The van der Waals surface area contributed by atoms with E-state index in [0.717, 1.165) is 11.4 Å². The van der Waals surface area contributed by atoms with Crippen LogP contribution in [0.5, 0.6) is 11.5 Å². The molecular formula is C19H25N2O3+. The summed E-state index contributed by atoms with van der Waals surface area (Å²) in [6.07, 6.45) is 0. The van der Waals surface area contributed by atoms with Crippen LogP contribution >= 0.6 is 0 Å². The molecule has 0 saturated carbocycles. The van der Waals surface area contributed by atoms with Crippen molar-refractivity contribution in [2.45, 2.75) is 13.5 Å². The van der Waals surface area contributed by atoms with Crippen molar-refractivity contribution in [3.63, 3.8) is 0 Å². The zero-order chi connectivity index (χ0) is 17.5. The summed E-state index contributed by atoms with van der Waals surface area (Å²) in [4.78, 5) is 13.4. The van der Waals surface area contributed by atoms with Gasteiger partial charge in [0.2, 0.25) is 0 Å². The lowest BCUT2D eigenvalue weighted by molar-refractivity contribution is -0.885. The molecule has 0 aliphatic rings. The number of ether oxygens (including phenoxy) is 2. The number of likely N-dealkylation sites (N-methyl/N-ethyl adjacent to an activating group) is 1. The molecule has 1 amide bonds. The Morgan fingerprint density at radius 1 is 1.08 bits per heavy atom. The monoisotopic (exact) mass is 329 g/mol. The Hall–Kier alpha value is -2.53. The molecule has 0 fully saturated rings. The number of anilines is 1. The largest absolute Gasteiger partial charge is 0.497 e. The number of quaternary nitrogens is 1. The second-order valence-corrected chi connectivity index (χ2v) is 5.91. The topological polar surface area (TPSA) is 52.0 Å². The zero-order valence-corrected chi connectivity index (χ0v) is 14.7. The van der Waals surface area contributed by atoms with Crippen LogP contribution < -0.4 is 19.7 Å². The van der Waals surface area contributed by atoms with Gasteiger partial charge in [0.05, 0.1) is 27.0 Å². The van der Waals surface area contributed by atoms with E-state index in [1.165, 1.54) is 11.1 Å². The number of hydrogen-bond donors (Lipinski definition) is 2. The number of carbonyl (C=O) groups is 1.